The van der Waals surface area contributed by atoms with Gasteiger partial charge in [-0.2, -0.15) is 0 Å². The summed E-state index contributed by atoms with van der Waals surface area (Å²) in [5, 5.41) is 5.57. The number of furan rings is 1. The van der Waals surface area contributed by atoms with Crippen molar-refractivity contribution in [3.8, 4) is 0 Å². The van der Waals surface area contributed by atoms with Crippen molar-refractivity contribution in [2.75, 3.05) is 0 Å². The Balaban J connectivity index is 2.02. The minimum atomic E-state index is -0.621. The molecule has 2 rings (SSSR count). The lowest BCUT2D eigenvalue weighted by Gasteiger charge is -2.21. The van der Waals surface area contributed by atoms with Crippen molar-refractivity contribution in [3.63, 3.8) is 0 Å². The third-order valence-electron chi connectivity index (χ3n) is 3.37. The average molecular weight is 379 g/mol. The molecule has 0 fully saturated rings. The van der Waals surface area contributed by atoms with E-state index < -0.39 is 6.04 Å². The number of carbonyl (C=O) groups excluding carboxylic acids is 2. The Morgan fingerprint density at radius 1 is 1.17 bits per heavy atom. The van der Waals surface area contributed by atoms with Gasteiger partial charge in [-0.1, -0.05) is 26.0 Å². The molecule has 1 aromatic heterocycles. The number of hydrogen-bond acceptors (Lipinski definition) is 3. The zero-order valence-corrected chi connectivity index (χ0v) is 14.6. The topological polar surface area (TPSA) is 71.3 Å². The van der Waals surface area contributed by atoms with E-state index in [0.717, 1.165) is 0 Å². The molecule has 6 heteroatoms. The Hall–Kier alpha value is -2.08. The summed E-state index contributed by atoms with van der Waals surface area (Å²) in [6, 6.07) is 10.0. The normalized spacial score (nSPS) is 12.0. The SMILES string of the molecule is CC(C)[C@@H](NC(=O)c1ccccc1Br)C(=O)NCc1ccco1. The molecule has 0 radical (unpaired) electrons. The fourth-order valence-electron chi connectivity index (χ4n) is 2.10. The van der Waals surface area contributed by atoms with Gasteiger partial charge in [-0.3, -0.25) is 9.59 Å². The van der Waals surface area contributed by atoms with Crippen molar-refractivity contribution in [2.24, 2.45) is 5.92 Å². The molecule has 0 bridgehead atoms. The largest absolute Gasteiger partial charge is 0.467 e. The summed E-state index contributed by atoms with van der Waals surface area (Å²) in [4.78, 5) is 24.7. The van der Waals surface area contributed by atoms with Gasteiger partial charge in [0.15, 0.2) is 0 Å². The predicted molar refractivity (Wildman–Crippen MR) is 90.8 cm³/mol. The maximum atomic E-state index is 12.4. The number of amides is 2. The lowest BCUT2D eigenvalue weighted by Crippen LogP contribution is -2.49. The first kappa shape index (κ1) is 17.3. The van der Waals surface area contributed by atoms with E-state index in [4.69, 9.17) is 4.42 Å². The van der Waals surface area contributed by atoms with E-state index in [1.807, 2.05) is 19.9 Å². The van der Waals surface area contributed by atoms with Gasteiger partial charge in [0, 0.05) is 4.47 Å². The fourth-order valence-corrected chi connectivity index (χ4v) is 2.56. The molecule has 1 heterocycles. The van der Waals surface area contributed by atoms with Crippen molar-refractivity contribution in [3.05, 3.63) is 58.5 Å². The summed E-state index contributed by atoms with van der Waals surface area (Å²) in [5.74, 6) is 0.0946. The zero-order chi connectivity index (χ0) is 16.8. The predicted octanol–water partition coefficient (Wildman–Crippen LogP) is 3.11. The highest BCUT2D eigenvalue weighted by molar-refractivity contribution is 9.10. The minimum absolute atomic E-state index is 0.0435. The van der Waals surface area contributed by atoms with Crippen molar-refractivity contribution in [2.45, 2.75) is 26.4 Å². The van der Waals surface area contributed by atoms with Crippen LogP contribution in [-0.2, 0) is 11.3 Å². The van der Waals surface area contributed by atoms with E-state index in [1.54, 1.807) is 36.6 Å². The molecule has 2 aromatic rings. The molecular formula is C17H19BrN2O3. The Morgan fingerprint density at radius 3 is 2.52 bits per heavy atom. The second kappa shape index (κ2) is 7.97. The summed E-state index contributed by atoms with van der Waals surface area (Å²) in [6.07, 6.45) is 1.55. The molecule has 0 saturated heterocycles. The van der Waals surface area contributed by atoms with E-state index in [1.165, 1.54) is 0 Å². The van der Waals surface area contributed by atoms with Crippen LogP contribution in [0.2, 0.25) is 0 Å². The van der Waals surface area contributed by atoms with Gasteiger partial charge in [-0.05, 0) is 46.1 Å². The van der Waals surface area contributed by atoms with E-state index in [0.29, 0.717) is 22.3 Å². The Morgan fingerprint density at radius 2 is 1.91 bits per heavy atom. The van der Waals surface area contributed by atoms with Crippen LogP contribution < -0.4 is 10.6 Å². The molecule has 0 aliphatic carbocycles. The van der Waals surface area contributed by atoms with E-state index in [9.17, 15) is 9.59 Å². The van der Waals surface area contributed by atoms with Crippen LogP contribution in [-0.4, -0.2) is 17.9 Å². The van der Waals surface area contributed by atoms with Crippen LogP contribution in [0.5, 0.6) is 0 Å². The minimum Gasteiger partial charge on any atom is -0.467 e. The standard InChI is InChI=1S/C17H19BrN2O3/c1-11(2)15(17(22)19-10-12-6-5-9-23-12)20-16(21)13-7-3-4-8-14(13)18/h3-9,11,15H,10H2,1-2H3,(H,19,22)(H,20,21)/t15-/m1/s1. The molecule has 23 heavy (non-hydrogen) atoms. The number of benzene rings is 1. The summed E-state index contributed by atoms with van der Waals surface area (Å²) < 4.78 is 5.87. The zero-order valence-electron chi connectivity index (χ0n) is 13.0. The number of halogens is 1. The lowest BCUT2D eigenvalue weighted by atomic mass is 10.0. The fraction of sp³-hybridized carbons (Fsp3) is 0.294. The van der Waals surface area contributed by atoms with Gasteiger partial charge in [0.1, 0.15) is 11.8 Å². The Labute approximate surface area is 143 Å². The van der Waals surface area contributed by atoms with E-state index in [2.05, 4.69) is 26.6 Å². The quantitative estimate of drug-likeness (QED) is 0.810. The van der Waals surface area contributed by atoms with Gasteiger partial charge < -0.3 is 15.1 Å². The maximum absolute atomic E-state index is 12.4. The number of nitrogens with one attached hydrogen (secondary N) is 2. The summed E-state index contributed by atoms with van der Waals surface area (Å²) >= 11 is 3.34. The van der Waals surface area contributed by atoms with Gasteiger partial charge in [0.2, 0.25) is 5.91 Å². The third kappa shape index (κ3) is 4.69. The number of rotatable bonds is 6. The van der Waals surface area contributed by atoms with Crippen LogP contribution >= 0.6 is 15.9 Å². The molecule has 1 aromatic carbocycles. The van der Waals surface area contributed by atoms with E-state index >= 15 is 0 Å². The van der Waals surface area contributed by atoms with Gasteiger partial charge >= 0.3 is 0 Å². The third-order valence-corrected chi connectivity index (χ3v) is 4.06. The first-order valence-corrected chi connectivity index (χ1v) is 8.14. The van der Waals surface area contributed by atoms with Crippen LogP contribution in [0.15, 0.2) is 51.6 Å². The summed E-state index contributed by atoms with van der Waals surface area (Å²) in [7, 11) is 0. The van der Waals surface area contributed by atoms with Crippen molar-refractivity contribution >= 4 is 27.7 Å². The highest BCUT2D eigenvalue weighted by Gasteiger charge is 2.25. The summed E-state index contributed by atoms with van der Waals surface area (Å²) in [6.45, 7) is 4.06. The van der Waals surface area contributed by atoms with Crippen LogP contribution in [0.1, 0.15) is 30.0 Å². The Kier molecular flexibility index (Phi) is 5.98. The van der Waals surface area contributed by atoms with Gasteiger partial charge in [0.25, 0.3) is 5.91 Å². The monoisotopic (exact) mass is 378 g/mol. The molecule has 5 nitrogen and oxygen atoms in total. The van der Waals surface area contributed by atoms with Crippen LogP contribution in [0.3, 0.4) is 0 Å². The second-order valence-electron chi connectivity index (χ2n) is 5.47. The van der Waals surface area contributed by atoms with Gasteiger partial charge in [0.05, 0.1) is 18.4 Å². The number of carbonyl (C=O) groups is 2. The average Bonchev–Trinajstić information content (AvgIpc) is 3.03. The molecule has 0 aliphatic heterocycles. The molecule has 2 amide bonds. The van der Waals surface area contributed by atoms with E-state index in [-0.39, 0.29) is 17.7 Å². The van der Waals surface area contributed by atoms with Crippen LogP contribution in [0.25, 0.3) is 0 Å². The number of hydrogen-bond donors (Lipinski definition) is 2. The van der Waals surface area contributed by atoms with Crippen LogP contribution in [0.4, 0.5) is 0 Å². The molecule has 0 unspecified atom stereocenters. The highest BCUT2D eigenvalue weighted by atomic mass is 79.9. The summed E-state index contributed by atoms with van der Waals surface area (Å²) in [5.41, 5.74) is 0.497. The van der Waals surface area contributed by atoms with Crippen molar-refractivity contribution in [1.29, 1.82) is 0 Å². The molecule has 1 atom stereocenters. The lowest BCUT2D eigenvalue weighted by molar-refractivity contribution is -0.124. The molecule has 0 spiro atoms. The smallest absolute Gasteiger partial charge is 0.253 e. The van der Waals surface area contributed by atoms with Gasteiger partial charge in [-0.15, -0.1) is 0 Å². The molecule has 0 aliphatic rings. The molecule has 122 valence electrons. The van der Waals surface area contributed by atoms with Crippen molar-refractivity contribution < 1.29 is 14.0 Å². The maximum Gasteiger partial charge on any atom is 0.253 e. The first-order valence-electron chi connectivity index (χ1n) is 7.34. The van der Waals surface area contributed by atoms with Gasteiger partial charge in [-0.25, -0.2) is 0 Å². The molecule has 0 saturated carbocycles. The van der Waals surface area contributed by atoms with Crippen molar-refractivity contribution in [1.82, 2.24) is 10.6 Å². The highest BCUT2D eigenvalue weighted by Crippen LogP contribution is 2.16. The first-order chi connectivity index (χ1) is 11.0. The van der Waals surface area contributed by atoms with Crippen LogP contribution in [0, 0.1) is 5.92 Å². The molecular weight excluding hydrogens is 360 g/mol. The molecule has 2 N–H and O–H groups in total. The Bertz CT molecular complexity index is 668. The second-order valence-corrected chi connectivity index (χ2v) is 6.33.